The smallest absolute Gasteiger partial charge is 0.351 e. The number of hydrogen-bond donors (Lipinski definition) is 0. The lowest BCUT2D eigenvalue weighted by molar-refractivity contribution is -0.197. The Morgan fingerprint density at radius 3 is 1.87 bits per heavy atom. The van der Waals surface area contributed by atoms with Crippen LogP contribution in [0, 0.1) is 23.7 Å². The minimum Gasteiger partial charge on any atom is -0.460 e. The number of carbonyl (C=O) groups is 4. The molecule has 0 aromatic rings. The lowest BCUT2D eigenvalue weighted by Gasteiger charge is -2.34. The van der Waals surface area contributed by atoms with E-state index in [1.807, 2.05) is 26.0 Å². The van der Waals surface area contributed by atoms with E-state index < -0.39 is 41.7 Å². The van der Waals surface area contributed by atoms with Crippen molar-refractivity contribution < 1.29 is 38.1 Å². The third-order valence-electron chi connectivity index (χ3n) is 5.93. The molecule has 6 atom stereocenters. The molecular weight excluding hydrogens is 404 g/mol. The Balaban J connectivity index is 2.00. The maximum atomic E-state index is 12.8. The number of fused-ring (bicyclic) bond motifs is 2. The molecule has 0 aromatic carbocycles. The molecular formula is C23H34O8. The van der Waals surface area contributed by atoms with Crippen LogP contribution in [0.1, 0.15) is 61.3 Å². The Hall–Kier alpha value is -2.38. The number of ether oxygens (including phenoxy) is 4. The Morgan fingerprint density at radius 1 is 0.806 bits per heavy atom. The van der Waals surface area contributed by atoms with E-state index in [9.17, 15) is 19.2 Å². The van der Waals surface area contributed by atoms with Gasteiger partial charge in [0.2, 0.25) is 5.60 Å². The summed E-state index contributed by atoms with van der Waals surface area (Å²) in [5, 5.41) is 0. The summed E-state index contributed by atoms with van der Waals surface area (Å²) in [6, 6.07) is 0. The molecule has 6 unspecified atom stereocenters. The van der Waals surface area contributed by atoms with Crippen LogP contribution < -0.4 is 0 Å². The minimum atomic E-state index is -1.41. The summed E-state index contributed by atoms with van der Waals surface area (Å²) in [7, 11) is 0. The molecule has 0 spiro atoms. The van der Waals surface area contributed by atoms with Crippen molar-refractivity contribution in [2.24, 2.45) is 23.7 Å². The third kappa shape index (κ3) is 5.66. The highest BCUT2D eigenvalue weighted by Gasteiger charge is 2.58. The second kappa shape index (κ2) is 9.83. The van der Waals surface area contributed by atoms with E-state index in [1.165, 1.54) is 13.8 Å². The van der Waals surface area contributed by atoms with E-state index in [0.717, 1.165) is 0 Å². The monoisotopic (exact) mass is 438 g/mol. The van der Waals surface area contributed by atoms with Gasteiger partial charge in [0.1, 0.15) is 0 Å². The molecule has 1 saturated carbocycles. The zero-order valence-corrected chi connectivity index (χ0v) is 19.4. The van der Waals surface area contributed by atoms with Crippen molar-refractivity contribution in [2.75, 3.05) is 0 Å². The van der Waals surface area contributed by atoms with Gasteiger partial charge in [-0.1, -0.05) is 32.9 Å². The van der Waals surface area contributed by atoms with Crippen LogP contribution in [-0.4, -0.2) is 47.8 Å². The van der Waals surface area contributed by atoms with E-state index in [4.69, 9.17) is 18.9 Å². The average molecular weight is 439 g/mol. The van der Waals surface area contributed by atoms with Gasteiger partial charge in [0.05, 0.1) is 12.0 Å². The van der Waals surface area contributed by atoms with Crippen molar-refractivity contribution in [1.82, 2.24) is 0 Å². The van der Waals surface area contributed by atoms with Gasteiger partial charge in [-0.2, -0.15) is 0 Å². The first kappa shape index (κ1) is 24.9. The van der Waals surface area contributed by atoms with Crippen molar-refractivity contribution in [1.29, 1.82) is 0 Å². The standard InChI is InChI=1S/C23H34O8/c1-12(2)14(5)19(24)29-15(6)20(25)30-16(7)21(26)31-23(22(27)28-13(3)4)11-17-8-9-18(23)10-17/h8-9,12-18H,10-11H2,1-7H3. The van der Waals surface area contributed by atoms with E-state index in [-0.39, 0.29) is 29.8 Å². The molecule has 0 saturated heterocycles. The first-order chi connectivity index (χ1) is 14.4. The van der Waals surface area contributed by atoms with E-state index in [2.05, 4.69) is 0 Å². The van der Waals surface area contributed by atoms with Crippen molar-refractivity contribution in [3.8, 4) is 0 Å². The van der Waals surface area contributed by atoms with Crippen LogP contribution in [0.4, 0.5) is 0 Å². The molecule has 31 heavy (non-hydrogen) atoms. The summed E-state index contributed by atoms with van der Waals surface area (Å²) in [6.07, 6.45) is 2.12. The van der Waals surface area contributed by atoms with Crippen LogP contribution >= 0.6 is 0 Å². The second-order valence-corrected chi connectivity index (χ2v) is 9.15. The topological polar surface area (TPSA) is 105 Å². The molecule has 0 N–H and O–H groups in total. The molecule has 1 fully saturated rings. The van der Waals surface area contributed by atoms with Crippen LogP contribution in [0.15, 0.2) is 12.2 Å². The SMILES string of the molecule is CC(C)OC(=O)C1(OC(=O)C(C)OC(=O)C(C)OC(=O)C(C)C(C)C)CC2C=CC1C2. The zero-order valence-electron chi connectivity index (χ0n) is 19.4. The van der Waals surface area contributed by atoms with Crippen molar-refractivity contribution >= 4 is 23.9 Å². The molecule has 8 heteroatoms. The fourth-order valence-corrected chi connectivity index (χ4v) is 3.70. The van der Waals surface area contributed by atoms with Crippen LogP contribution in [-0.2, 0) is 38.1 Å². The predicted octanol–water partition coefficient (Wildman–Crippen LogP) is 2.97. The molecule has 2 aliphatic carbocycles. The van der Waals surface area contributed by atoms with Gasteiger partial charge in [-0.25, -0.2) is 14.4 Å². The van der Waals surface area contributed by atoms with Crippen molar-refractivity contribution in [2.45, 2.75) is 85.2 Å². The zero-order chi connectivity index (χ0) is 23.5. The summed E-state index contributed by atoms with van der Waals surface area (Å²) >= 11 is 0. The number of rotatable bonds is 9. The quantitative estimate of drug-likeness (QED) is 0.307. The number of carbonyl (C=O) groups excluding carboxylic acids is 4. The van der Waals surface area contributed by atoms with E-state index in [0.29, 0.717) is 12.8 Å². The molecule has 0 aromatic heterocycles. The highest BCUT2D eigenvalue weighted by molar-refractivity contribution is 5.88. The normalized spacial score (nSPS) is 27.0. The van der Waals surface area contributed by atoms with E-state index in [1.54, 1.807) is 20.8 Å². The Kier molecular flexibility index (Phi) is 7.89. The first-order valence-corrected chi connectivity index (χ1v) is 10.9. The summed E-state index contributed by atoms with van der Waals surface area (Å²) in [4.78, 5) is 49.9. The molecule has 174 valence electrons. The Morgan fingerprint density at radius 2 is 1.39 bits per heavy atom. The lowest BCUT2D eigenvalue weighted by Crippen LogP contribution is -2.50. The molecule has 0 aliphatic heterocycles. The molecule has 0 heterocycles. The highest BCUT2D eigenvalue weighted by Crippen LogP contribution is 2.49. The van der Waals surface area contributed by atoms with Crippen molar-refractivity contribution in [3.63, 3.8) is 0 Å². The fourth-order valence-electron chi connectivity index (χ4n) is 3.70. The van der Waals surface area contributed by atoms with Gasteiger partial charge in [-0.15, -0.1) is 0 Å². The second-order valence-electron chi connectivity index (χ2n) is 9.15. The predicted molar refractivity (Wildman–Crippen MR) is 111 cm³/mol. The van der Waals surface area contributed by atoms with Gasteiger partial charge in [0, 0.05) is 12.3 Å². The fraction of sp³-hybridized carbons (Fsp3) is 0.739. The van der Waals surface area contributed by atoms with Gasteiger partial charge >= 0.3 is 23.9 Å². The van der Waals surface area contributed by atoms with Gasteiger partial charge in [-0.05, 0) is 46.0 Å². The van der Waals surface area contributed by atoms with Gasteiger partial charge in [0.25, 0.3) is 0 Å². The van der Waals surface area contributed by atoms with Crippen LogP contribution in [0.5, 0.6) is 0 Å². The Labute approximate surface area is 183 Å². The molecule has 8 nitrogen and oxygen atoms in total. The summed E-state index contributed by atoms with van der Waals surface area (Å²) in [5.74, 6) is -3.26. The molecule has 2 bridgehead atoms. The molecule has 0 radical (unpaired) electrons. The number of hydrogen-bond acceptors (Lipinski definition) is 8. The van der Waals surface area contributed by atoms with E-state index >= 15 is 0 Å². The highest BCUT2D eigenvalue weighted by atomic mass is 16.6. The van der Waals surface area contributed by atoms with Gasteiger partial charge in [0.15, 0.2) is 12.2 Å². The number of esters is 4. The van der Waals surface area contributed by atoms with Crippen LogP contribution in [0.3, 0.4) is 0 Å². The molecule has 2 aliphatic rings. The molecule has 2 rings (SSSR count). The summed E-state index contributed by atoms with van der Waals surface area (Å²) < 4.78 is 21.3. The van der Waals surface area contributed by atoms with Crippen molar-refractivity contribution in [3.05, 3.63) is 12.2 Å². The lowest BCUT2D eigenvalue weighted by atomic mass is 9.88. The largest absolute Gasteiger partial charge is 0.460 e. The maximum absolute atomic E-state index is 12.8. The van der Waals surface area contributed by atoms with Crippen LogP contribution in [0.2, 0.25) is 0 Å². The number of allylic oxidation sites excluding steroid dienone is 1. The Bertz CT molecular complexity index is 740. The summed E-state index contributed by atoms with van der Waals surface area (Å²) in [6.45, 7) is 11.7. The minimum absolute atomic E-state index is 0.0576. The first-order valence-electron chi connectivity index (χ1n) is 10.9. The van der Waals surface area contributed by atoms with Crippen LogP contribution in [0.25, 0.3) is 0 Å². The average Bonchev–Trinajstić information content (AvgIpc) is 3.28. The maximum Gasteiger partial charge on any atom is 0.351 e. The third-order valence-corrected chi connectivity index (χ3v) is 5.93. The summed E-state index contributed by atoms with van der Waals surface area (Å²) in [5.41, 5.74) is -1.41. The van der Waals surface area contributed by atoms with Gasteiger partial charge in [-0.3, -0.25) is 4.79 Å². The molecule has 0 amide bonds. The van der Waals surface area contributed by atoms with Gasteiger partial charge < -0.3 is 18.9 Å².